The highest BCUT2D eigenvalue weighted by atomic mass is 19.1. The number of aryl methyl sites for hydroxylation is 2. The predicted octanol–water partition coefficient (Wildman–Crippen LogP) is 2.68. The van der Waals surface area contributed by atoms with Crippen molar-refractivity contribution >= 4 is 11.6 Å². The maximum atomic E-state index is 13.6. The van der Waals surface area contributed by atoms with Gasteiger partial charge in [-0.25, -0.2) is 4.39 Å². The Morgan fingerprint density at radius 1 is 1.20 bits per heavy atom. The fourth-order valence-corrected chi connectivity index (χ4v) is 2.32. The number of hydrogen-bond acceptors (Lipinski definition) is 5. The van der Waals surface area contributed by atoms with E-state index in [1.54, 1.807) is 44.2 Å². The van der Waals surface area contributed by atoms with Gasteiger partial charge in [-0.3, -0.25) is 4.79 Å². The lowest BCUT2D eigenvalue weighted by Gasteiger charge is -2.12. The van der Waals surface area contributed by atoms with Gasteiger partial charge in [-0.1, -0.05) is 6.07 Å². The van der Waals surface area contributed by atoms with E-state index in [0.29, 0.717) is 28.5 Å². The van der Waals surface area contributed by atoms with Gasteiger partial charge in [0.2, 0.25) is 0 Å². The molecule has 2 aromatic carbocycles. The Hall–Kier alpha value is -3.29. The van der Waals surface area contributed by atoms with E-state index >= 15 is 0 Å². The van der Waals surface area contributed by atoms with Crippen LogP contribution in [0.2, 0.25) is 0 Å². The zero-order chi connectivity index (χ0) is 18.0. The number of amides is 1. The second-order valence-corrected chi connectivity index (χ2v) is 5.44. The SMILES string of the molecule is COc1ccc(NC(=O)c2ccc(C)c(F)c2)cc1-n1nnnc1C. The molecular weight excluding hydrogens is 325 g/mol. The van der Waals surface area contributed by atoms with Gasteiger partial charge in [0.05, 0.1) is 7.11 Å². The maximum absolute atomic E-state index is 13.6. The summed E-state index contributed by atoms with van der Waals surface area (Å²) in [5, 5.41) is 14.1. The first-order chi connectivity index (χ1) is 12.0. The molecule has 1 N–H and O–H groups in total. The van der Waals surface area contributed by atoms with Crippen molar-refractivity contribution in [2.45, 2.75) is 13.8 Å². The number of hydrogen-bond donors (Lipinski definition) is 1. The molecule has 0 aliphatic carbocycles. The lowest BCUT2D eigenvalue weighted by Crippen LogP contribution is -2.13. The summed E-state index contributed by atoms with van der Waals surface area (Å²) in [6.07, 6.45) is 0. The zero-order valence-electron chi connectivity index (χ0n) is 13.9. The first-order valence-corrected chi connectivity index (χ1v) is 7.50. The Balaban J connectivity index is 1.91. The summed E-state index contributed by atoms with van der Waals surface area (Å²) in [7, 11) is 1.53. The number of carbonyl (C=O) groups excluding carboxylic acids is 1. The minimum Gasteiger partial charge on any atom is -0.494 e. The van der Waals surface area contributed by atoms with Gasteiger partial charge in [-0.2, -0.15) is 4.68 Å². The van der Waals surface area contributed by atoms with E-state index in [0.717, 1.165) is 0 Å². The first kappa shape index (κ1) is 16.6. The summed E-state index contributed by atoms with van der Waals surface area (Å²) < 4.78 is 20.5. The third-order valence-corrected chi connectivity index (χ3v) is 3.72. The van der Waals surface area contributed by atoms with Crippen molar-refractivity contribution in [3.05, 3.63) is 59.2 Å². The van der Waals surface area contributed by atoms with Gasteiger partial charge in [0.25, 0.3) is 5.91 Å². The molecule has 3 aromatic rings. The number of aromatic nitrogens is 4. The zero-order valence-corrected chi connectivity index (χ0v) is 13.9. The lowest BCUT2D eigenvalue weighted by molar-refractivity contribution is 0.102. The van der Waals surface area contributed by atoms with Crippen molar-refractivity contribution in [3.63, 3.8) is 0 Å². The Labute approximate surface area is 143 Å². The molecule has 0 fully saturated rings. The van der Waals surface area contributed by atoms with Crippen molar-refractivity contribution in [3.8, 4) is 11.4 Å². The highest BCUT2D eigenvalue weighted by Crippen LogP contribution is 2.26. The second-order valence-electron chi connectivity index (χ2n) is 5.44. The van der Waals surface area contributed by atoms with Crippen LogP contribution in [0.3, 0.4) is 0 Å². The van der Waals surface area contributed by atoms with Gasteiger partial charge >= 0.3 is 0 Å². The Morgan fingerprint density at radius 2 is 2.00 bits per heavy atom. The number of anilines is 1. The molecule has 128 valence electrons. The lowest BCUT2D eigenvalue weighted by atomic mass is 10.1. The number of nitrogens with one attached hydrogen (secondary N) is 1. The molecule has 0 aliphatic heterocycles. The highest BCUT2D eigenvalue weighted by molar-refractivity contribution is 6.04. The smallest absolute Gasteiger partial charge is 0.255 e. The molecule has 0 bridgehead atoms. The van der Waals surface area contributed by atoms with Crippen molar-refractivity contribution in [1.29, 1.82) is 0 Å². The molecule has 25 heavy (non-hydrogen) atoms. The predicted molar refractivity (Wildman–Crippen MR) is 89.5 cm³/mol. The number of tetrazole rings is 1. The summed E-state index contributed by atoms with van der Waals surface area (Å²) in [5.41, 5.74) is 1.81. The van der Waals surface area contributed by atoms with Crippen molar-refractivity contribution in [1.82, 2.24) is 20.2 Å². The van der Waals surface area contributed by atoms with Crippen LogP contribution >= 0.6 is 0 Å². The number of rotatable bonds is 4. The number of methoxy groups -OCH3 is 1. The quantitative estimate of drug-likeness (QED) is 0.789. The topological polar surface area (TPSA) is 81.9 Å². The average Bonchev–Trinajstić information content (AvgIpc) is 3.03. The van der Waals surface area contributed by atoms with Crippen molar-refractivity contribution in [2.75, 3.05) is 12.4 Å². The molecule has 8 heteroatoms. The van der Waals surface area contributed by atoms with Crippen LogP contribution in [0.4, 0.5) is 10.1 Å². The van der Waals surface area contributed by atoms with Crippen molar-refractivity contribution in [2.24, 2.45) is 0 Å². The second kappa shape index (κ2) is 6.68. The van der Waals surface area contributed by atoms with E-state index in [9.17, 15) is 9.18 Å². The fraction of sp³-hybridized carbons (Fsp3) is 0.176. The molecule has 0 saturated carbocycles. The number of ether oxygens (including phenoxy) is 1. The van der Waals surface area contributed by atoms with Crippen LogP contribution < -0.4 is 10.1 Å². The van der Waals surface area contributed by atoms with Crippen LogP contribution in [-0.4, -0.2) is 33.2 Å². The third kappa shape index (κ3) is 3.32. The molecule has 0 aliphatic rings. The van der Waals surface area contributed by atoms with Crippen molar-refractivity contribution < 1.29 is 13.9 Å². The number of carbonyl (C=O) groups is 1. The van der Waals surface area contributed by atoms with Crippen LogP contribution in [0.15, 0.2) is 36.4 Å². The van der Waals surface area contributed by atoms with Gasteiger partial charge in [0, 0.05) is 11.3 Å². The summed E-state index contributed by atoms with van der Waals surface area (Å²) >= 11 is 0. The molecule has 7 nitrogen and oxygen atoms in total. The molecule has 0 unspecified atom stereocenters. The van der Waals surface area contributed by atoms with E-state index < -0.39 is 11.7 Å². The van der Waals surface area contributed by atoms with Crippen LogP contribution in [0.5, 0.6) is 5.75 Å². The molecular formula is C17H16FN5O2. The Morgan fingerprint density at radius 3 is 2.64 bits per heavy atom. The molecule has 0 atom stereocenters. The minimum absolute atomic E-state index is 0.235. The van der Waals surface area contributed by atoms with Gasteiger partial charge in [-0.05, 0) is 60.2 Å². The van der Waals surface area contributed by atoms with Gasteiger partial charge in [-0.15, -0.1) is 5.10 Å². The molecule has 3 rings (SSSR count). The van der Waals surface area contributed by atoms with E-state index in [1.165, 1.54) is 17.9 Å². The van der Waals surface area contributed by atoms with E-state index in [2.05, 4.69) is 20.8 Å². The summed E-state index contributed by atoms with van der Waals surface area (Å²) in [6.45, 7) is 3.39. The molecule has 0 saturated heterocycles. The number of halogens is 1. The molecule has 1 heterocycles. The summed E-state index contributed by atoms with van der Waals surface area (Å²) in [4.78, 5) is 12.3. The molecule has 0 radical (unpaired) electrons. The van der Waals surface area contributed by atoms with Gasteiger partial charge in [0.15, 0.2) is 5.82 Å². The van der Waals surface area contributed by atoms with Crippen LogP contribution in [0.1, 0.15) is 21.7 Å². The maximum Gasteiger partial charge on any atom is 0.255 e. The van der Waals surface area contributed by atoms with Crippen LogP contribution in [0.25, 0.3) is 5.69 Å². The Kier molecular flexibility index (Phi) is 4.42. The number of benzene rings is 2. The minimum atomic E-state index is -0.424. The first-order valence-electron chi connectivity index (χ1n) is 7.50. The fourth-order valence-electron chi connectivity index (χ4n) is 2.32. The monoisotopic (exact) mass is 341 g/mol. The molecule has 1 amide bonds. The standard InChI is InChI=1S/C17H16FN5O2/c1-10-4-5-12(8-14(10)18)17(24)19-13-6-7-16(25-3)15(9-13)23-11(2)20-21-22-23/h4-9H,1-3H3,(H,19,24). The van der Waals surface area contributed by atoms with E-state index in [1.807, 2.05) is 0 Å². The largest absolute Gasteiger partial charge is 0.494 e. The number of nitrogens with zero attached hydrogens (tertiary/aromatic N) is 4. The summed E-state index contributed by atoms with van der Waals surface area (Å²) in [6, 6.07) is 9.41. The molecule has 0 spiro atoms. The average molecular weight is 341 g/mol. The van der Waals surface area contributed by atoms with Gasteiger partial charge < -0.3 is 10.1 Å². The summed E-state index contributed by atoms with van der Waals surface area (Å²) in [5.74, 6) is 0.285. The normalized spacial score (nSPS) is 10.6. The van der Waals surface area contributed by atoms with Gasteiger partial charge in [0.1, 0.15) is 17.3 Å². The van der Waals surface area contributed by atoms with E-state index in [-0.39, 0.29) is 5.56 Å². The Bertz CT molecular complexity index is 939. The van der Waals surface area contributed by atoms with Crippen LogP contribution in [-0.2, 0) is 0 Å². The molecule has 1 aromatic heterocycles. The third-order valence-electron chi connectivity index (χ3n) is 3.72. The highest BCUT2D eigenvalue weighted by Gasteiger charge is 2.13. The van der Waals surface area contributed by atoms with Crippen LogP contribution in [0, 0.1) is 19.7 Å². The van der Waals surface area contributed by atoms with E-state index in [4.69, 9.17) is 4.74 Å².